The van der Waals surface area contributed by atoms with Crippen molar-refractivity contribution in [2.45, 2.75) is 25.0 Å². The monoisotopic (exact) mass is 170 g/mol. The van der Waals surface area contributed by atoms with E-state index in [1.54, 1.807) is 0 Å². The van der Waals surface area contributed by atoms with Crippen LogP contribution in [0.15, 0.2) is 0 Å². The molecule has 0 unspecified atom stereocenters. The third-order valence-corrected chi connectivity index (χ3v) is 2.95. The first-order chi connectivity index (χ1) is 5.79. The van der Waals surface area contributed by atoms with Gasteiger partial charge < -0.3 is 10.4 Å². The summed E-state index contributed by atoms with van der Waals surface area (Å²) >= 11 is 0. The van der Waals surface area contributed by atoms with Gasteiger partial charge in [-0.2, -0.15) is 0 Å². The first-order valence-electron chi connectivity index (χ1n) is 4.87. The number of aliphatic hydroxyl groups excluding tert-OH is 1. The van der Waals surface area contributed by atoms with Gasteiger partial charge in [0.1, 0.15) is 0 Å². The molecule has 0 aromatic rings. The SMILES string of the molecule is CN[C@H](CN1CC(O)C1)C1CC1. The number of hydrogen-bond donors (Lipinski definition) is 2. The molecule has 1 atom stereocenters. The third kappa shape index (κ3) is 1.79. The van der Waals surface area contributed by atoms with Crippen molar-refractivity contribution in [2.75, 3.05) is 26.7 Å². The molecule has 0 aromatic carbocycles. The lowest BCUT2D eigenvalue weighted by atomic mass is 10.1. The third-order valence-electron chi connectivity index (χ3n) is 2.95. The predicted octanol–water partition coefficient (Wildman–Crippen LogP) is -0.339. The fourth-order valence-electron chi connectivity index (χ4n) is 1.94. The summed E-state index contributed by atoms with van der Waals surface area (Å²) in [6, 6.07) is 0.664. The summed E-state index contributed by atoms with van der Waals surface area (Å²) < 4.78 is 0. The van der Waals surface area contributed by atoms with Crippen LogP contribution in [0.5, 0.6) is 0 Å². The number of rotatable bonds is 4. The van der Waals surface area contributed by atoms with E-state index in [-0.39, 0.29) is 6.10 Å². The molecule has 1 heterocycles. The molecular weight excluding hydrogens is 152 g/mol. The quantitative estimate of drug-likeness (QED) is 0.606. The van der Waals surface area contributed by atoms with Crippen molar-refractivity contribution in [2.24, 2.45) is 5.92 Å². The van der Waals surface area contributed by atoms with Crippen LogP contribution in [0.3, 0.4) is 0 Å². The summed E-state index contributed by atoms with van der Waals surface area (Å²) in [5, 5.41) is 12.5. The minimum atomic E-state index is -0.0540. The maximum absolute atomic E-state index is 9.10. The van der Waals surface area contributed by atoms with E-state index < -0.39 is 0 Å². The van der Waals surface area contributed by atoms with Crippen LogP contribution in [0.25, 0.3) is 0 Å². The lowest BCUT2D eigenvalue weighted by Crippen LogP contribution is -2.55. The molecule has 2 fully saturated rings. The number of aliphatic hydroxyl groups is 1. The summed E-state index contributed by atoms with van der Waals surface area (Å²) in [6.45, 7) is 2.88. The van der Waals surface area contributed by atoms with E-state index in [9.17, 15) is 0 Å². The molecule has 3 nitrogen and oxygen atoms in total. The zero-order valence-electron chi connectivity index (χ0n) is 7.66. The first-order valence-corrected chi connectivity index (χ1v) is 4.87. The van der Waals surface area contributed by atoms with E-state index in [0.717, 1.165) is 25.6 Å². The summed E-state index contributed by atoms with van der Waals surface area (Å²) in [7, 11) is 2.04. The summed E-state index contributed by atoms with van der Waals surface area (Å²) in [4.78, 5) is 2.32. The fourth-order valence-corrected chi connectivity index (χ4v) is 1.94. The van der Waals surface area contributed by atoms with Crippen LogP contribution in [0.1, 0.15) is 12.8 Å². The van der Waals surface area contributed by atoms with Crippen molar-refractivity contribution in [3.63, 3.8) is 0 Å². The van der Waals surface area contributed by atoms with Gasteiger partial charge in [-0.25, -0.2) is 0 Å². The minimum absolute atomic E-state index is 0.0540. The molecule has 70 valence electrons. The van der Waals surface area contributed by atoms with Gasteiger partial charge in [0.25, 0.3) is 0 Å². The average Bonchev–Trinajstić information content (AvgIpc) is 2.78. The first kappa shape index (κ1) is 8.48. The Morgan fingerprint density at radius 2 is 2.17 bits per heavy atom. The number of nitrogens with zero attached hydrogens (tertiary/aromatic N) is 1. The van der Waals surface area contributed by atoms with Crippen molar-refractivity contribution in [1.82, 2.24) is 10.2 Å². The Labute approximate surface area is 73.8 Å². The number of hydrogen-bond acceptors (Lipinski definition) is 3. The smallest absolute Gasteiger partial charge is 0.0793 e. The second-order valence-corrected chi connectivity index (χ2v) is 4.10. The standard InChI is InChI=1S/C9H18N2O/c1-10-9(7-2-3-7)6-11-4-8(12)5-11/h7-10,12H,2-6H2,1H3/t9-/m1/s1. The Bertz CT molecular complexity index is 153. The summed E-state index contributed by atoms with van der Waals surface area (Å²) in [5.74, 6) is 0.910. The topological polar surface area (TPSA) is 35.5 Å². The molecule has 2 N–H and O–H groups in total. The Kier molecular flexibility index (Phi) is 2.35. The van der Waals surface area contributed by atoms with Crippen molar-refractivity contribution in [1.29, 1.82) is 0 Å². The fraction of sp³-hybridized carbons (Fsp3) is 1.00. The van der Waals surface area contributed by atoms with Gasteiger partial charge in [-0.05, 0) is 25.8 Å². The molecule has 2 aliphatic rings. The number of β-amino-alcohol motifs (C(OH)–C–C–N with tert-alkyl or cyclic N) is 1. The zero-order chi connectivity index (χ0) is 8.55. The van der Waals surface area contributed by atoms with E-state index >= 15 is 0 Å². The van der Waals surface area contributed by atoms with Gasteiger partial charge in [0.15, 0.2) is 0 Å². The maximum atomic E-state index is 9.10. The Hall–Kier alpha value is -0.120. The van der Waals surface area contributed by atoms with Gasteiger partial charge in [0.2, 0.25) is 0 Å². The zero-order valence-corrected chi connectivity index (χ0v) is 7.66. The summed E-state index contributed by atoms with van der Waals surface area (Å²) in [6.07, 6.45) is 2.73. The molecule has 0 spiro atoms. The van der Waals surface area contributed by atoms with Crippen LogP contribution in [0.2, 0.25) is 0 Å². The minimum Gasteiger partial charge on any atom is -0.390 e. The second kappa shape index (κ2) is 3.32. The molecule has 1 saturated heterocycles. The Morgan fingerprint density at radius 3 is 2.58 bits per heavy atom. The van der Waals surface area contributed by atoms with Crippen molar-refractivity contribution < 1.29 is 5.11 Å². The van der Waals surface area contributed by atoms with Gasteiger partial charge in [0, 0.05) is 25.7 Å². The summed E-state index contributed by atoms with van der Waals surface area (Å²) in [5.41, 5.74) is 0. The maximum Gasteiger partial charge on any atom is 0.0793 e. The van der Waals surface area contributed by atoms with Crippen LogP contribution in [0.4, 0.5) is 0 Å². The molecule has 1 aliphatic heterocycles. The Balaban J connectivity index is 1.69. The number of likely N-dealkylation sites (N-methyl/N-ethyl adjacent to an activating group) is 1. The lowest BCUT2D eigenvalue weighted by molar-refractivity contribution is -0.00374. The average molecular weight is 170 g/mol. The van der Waals surface area contributed by atoms with Gasteiger partial charge in [0.05, 0.1) is 6.10 Å². The van der Waals surface area contributed by atoms with Gasteiger partial charge in [-0.15, -0.1) is 0 Å². The van der Waals surface area contributed by atoms with E-state index in [2.05, 4.69) is 10.2 Å². The van der Waals surface area contributed by atoms with Crippen LogP contribution in [0, 0.1) is 5.92 Å². The highest BCUT2D eigenvalue weighted by Gasteiger charge is 2.34. The van der Waals surface area contributed by atoms with Crippen LogP contribution in [-0.2, 0) is 0 Å². The van der Waals surface area contributed by atoms with Crippen LogP contribution < -0.4 is 5.32 Å². The second-order valence-electron chi connectivity index (χ2n) is 4.10. The van der Waals surface area contributed by atoms with Crippen molar-refractivity contribution in [3.8, 4) is 0 Å². The van der Waals surface area contributed by atoms with Gasteiger partial charge in [-0.1, -0.05) is 0 Å². The largest absolute Gasteiger partial charge is 0.390 e. The van der Waals surface area contributed by atoms with Gasteiger partial charge >= 0.3 is 0 Å². The number of likely N-dealkylation sites (tertiary alicyclic amines) is 1. The van der Waals surface area contributed by atoms with E-state index in [4.69, 9.17) is 5.11 Å². The molecule has 1 aliphatic carbocycles. The lowest BCUT2D eigenvalue weighted by Gasteiger charge is -2.38. The molecule has 1 saturated carbocycles. The number of nitrogens with one attached hydrogen (secondary N) is 1. The van der Waals surface area contributed by atoms with E-state index in [1.807, 2.05) is 7.05 Å². The molecule has 0 radical (unpaired) electrons. The van der Waals surface area contributed by atoms with Crippen molar-refractivity contribution >= 4 is 0 Å². The highest BCUT2D eigenvalue weighted by molar-refractivity contribution is 4.90. The molecular formula is C9H18N2O. The normalized spacial score (nSPS) is 28.5. The van der Waals surface area contributed by atoms with E-state index in [0.29, 0.717) is 6.04 Å². The molecule has 0 aromatic heterocycles. The van der Waals surface area contributed by atoms with E-state index in [1.165, 1.54) is 12.8 Å². The molecule has 2 rings (SSSR count). The highest BCUT2D eigenvalue weighted by atomic mass is 16.3. The van der Waals surface area contributed by atoms with Crippen LogP contribution >= 0.6 is 0 Å². The molecule has 0 bridgehead atoms. The molecule has 3 heteroatoms. The highest BCUT2D eigenvalue weighted by Crippen LogP contribution is 2.33. The van der Waals surface area contributed by atoms with Crippen molar-refractivity contribution in [3.05, 3.63) is 0 Å². The molecule has 0 amide bonds. The van der Waals surface area contributed by atoms with Gasteiger partial charge in [-0.3, -0.25) is 4.90 Å². The molecule has 12 heavy (non-hydrogen) atoms. The predicted molar refractivity (Wildman–Crippen MR) is 48.0 cm³/mol. The Morgan fingerprint density at radius 1 is 1.50 bits per heavy atom. The van der Waals surface area contributed by atoms with Crippen LogP contribution in [-0.4, -0.2) is 48.8 Å².